The van der Waals surface area contributed by atoms with Crippen molar-refractivity contribution in [3.63, 3.8) is 0 Å². The molecule has 29 heavy (non-hydrogen) atoms. The van der Waals surface area contributed by atoms with Crippen LogP contribution in [0.5, 0.6) is 0 Å². The molecule has 1 N–H and O–H groups in total. The van der Waals surface area contributed by atoms with Gasteiger partial charge in [-0.1, -0.05) is 42.5 Å². The van der Waals surface area contributed by atoms with Crippen LogP contribution in [-0.2, 0) is 17.7 Å². The number of esters is 1. The maximum atomic E-state index is 12.6. The monoisotopic (exact) mass is 386 g/mol. The van der Waals surface area contributed by atoms with Gasteiger partial charge in [0.15, 0.2) is 0 Å². The molecule has 0 fully saturated rings. The number of ether oxygens (including phenoxy) is 1. The molecule has 5 heteroatoms. The summed E-state index contributed by atoms with van der Waals surface area (Å²) in [5.74, 6) is -0.749. The summed E-state index contributed by atoms with van der Waals surface area (Å²) in [7, 11) is 1.32. The lowest BCUT2D eigenvalue weighted by atomic mass is 10.1. The first-order valence-electron chi connectivity index (χ1n) is 9.56. The first kappa shape index (κ1) is 18.7. The van der Waals surface area contributed by atoms with Gasteiger partial charge in [0.05, 0.1) is 18.4 Å². The number of benzene rings is 3. The maximum absolute atomic E-state index is 12.6. The average molecular weight is 386 g/mol. The lowest BCUT2D eigenvalue weighted by Crippen LogP contribution is -2.20. The average Bonchev–Trinajstić information content (AvgIpc) is 3.17. The summed E-state index contributed by atoms with van der Waals surface area (Å²) in [6.07, 6.45) is 1.07. The van der Waals surface area contributed by atoms with Crippen molar-refractivity contribution in [1.82, 2.24) is 0 Å². The molecule has 3 aromatic rings. The number of rotatable bonds is 5. The smallest absolute Gasteiger partial charge is 0.339 e. The van der Waals surface area contributed by atoms with Gasteiger partial charge in [-0.15, -0.1) is 0 Å². The predicted octanol–water partition coefficient (Wildman–Crippen LogP) is 4.29. The van der Waals surface area contributed by atoms with E-state index < -0.39 is 5.97 Å². The molecule has 1 aliphatic rings. The Morgan fingerprint density at radius 3 is 2.48 bits per heavy atom. The first-order valence-corrected chi connectivity index (χ1v) is 9.56. The minimum atomic E-state index is -0.484. The summed E-state index contributed by atoms with van der Waals surface area (Å²) in [5.41, 5.74) is 5.11. The number of nitrogens with zero attached hydrogens (tertiary/aromatic N) is 1. The first-order chi connectivity index (χ1) is 14.2. The van der Waals surface area contributed by atoms with Gasteiger partial charge in [0.25, 0.3) is 5.91 Å². The lowest BCUT2D eigenvalue weighted by molar-refractivity contribution is 0.0602. The summed E-state index contributed by atoms with van der Waals surface area (Å²) in [6.45, 7) is 1.82. The normalized spacial score (nSPS) is 12.4. The molecule has 0 aliphatic carbocycles. The molecule has 1 heterocycles. The molecule has 0 radical (unpaired) electrons. The molecule has 1 amide bonds. The minimum absolute atomic E-state index is 0.264. The second-order valence-corrected chi connectivity index (χ2v) is 6.99. The number of anilines is 2. The third kappa shape index (κ3) is 3.99. The van der Waals surface area contributed by atoms with Crippen molar-refractivity contribution in [3.8, 4) is 0 Å². The Kier molecular flexibility index (Phi) is 5.29. The highest BCUT2D eigenvalue weighted by Crippen LogP contribution is 2.28. The number of methoxy groups -OCH3 is 1. The number of hydrogen-bond acceptors (Lipinski definition) is 4. The van der Waals surface area contributed by atoms with E-state index in [0.29, 0.717) is 16.8 Å². The highest BCUT2D eigenvalue weighted by Gasteiger charge is 2.18. The van der Waals surface area contributed by atoms with Crippen LogP contribution < -0.4 is 10.2 Å². The molecule has 3 aromatic carbocycles. The van der Waals surface area contributed by atoms with Crippen LogP contribution in [0, 0.1) is 0 Å². The van der Waals surface area contributed by atoms with Gasteiger partial charge in [0.1, 0.15) is 0 Å². The highest BCUT2D eigenvalue weighted by molar-refractivity contribution is 6.08. The SMILES string of the molecule is COC(=O)c1ccccc1NC(=O)c1ccc(CN2CCc3ccccc32)cc1. The van der Waals surface area contributed by atoms with Gasteiger partial charge in [0.2, 0.25) is 0 Å². The van der Waals surface area contributed by atoms with Gasteiger partial charge in [-0.05, 0) is 47.9 Å². The number of fused-ring (bicyclic) bond motifs is 1. The molecule has 146 valence electrons. The third-order valence-electron chi connectivity index (χ3n) is 5.15. The maximum Gasteiger partial charge on any atom is 0.339 e. The van der Waals surface area contributed by atoms with Gasteiger partial charge in [0, 0.05) is 24.3 Å². The van der Waals surface area contributed by atoms with Gasteiger partial charge in [-0.2, -0.15) is 0 Å². The topological polar surface area (TPSA) is 58.6 Å². The summed E-state index contributed by atoms with van der Waals surface area (Å²) in [5, 5.41) is 2.80. The summed E-state index contributed by atoms with van der Waals surface area (Å²) in [4.78, 5) is 26.9. The zero-order chi connectivity index (χ0) is 20.2. The molecule has 0 bridgehead atoms. The fourth-order valence-corrected chi connectivity index (χ4v) is 3.63. The molecule has 0 unspecified atom stereocenters. The Hall–Kier alpha value is -3.60. The predicted molar refractivity (Wildman–Crippen MR) is 113 cm³/mol. The van der Waals surface area contributed by atoms with Crippen LogP contribution in [0.3, 0.4) is 0 Å². The summed E-state index contributed by atoms with van der Waals surface area (Å²) >= 11 is 0. The van der Waals surface area contributed by atoms with Crippen molar-refractivity contribution in [2.45, 2.75) is 13.0 Å². The van der Waals surface area contributed by atoms with Crippen molar-refractivity contribution in [2.75, 3.05) is 23.9 Å². The van der Waals surface area contributed by atoms with Crippen molar-refractivity contribution in [2.24, 2.45) is 0 Å². The van der Waals surface area contributed by atoms with E-state index in [1.807, 2.05) is 24.3 Å². The molecule has 0 spiro atoms. The zero-order valence-electron chi connectivity index (χ0n) is 16.2. The number of para-hydroxylation sites is 2. The Labute approximate surface area is 169 Å². The fourth-order valence-electron chi connectivity index (χ4n) is 3.63. The number of nitrogens with one attached hydrogen (secondary N) is 1. The number of amides is 1. The minimum Gasteiger partial charge on any atom is -0.465 e. The summed E-state index contributed by atoms with van der Waals surface area (Å²) < 4.78 is 4.77. The molecule has 1 aliphatic heterocycles. The van der Waals surface area contributed by atoms with Crippen LogP contribution in [0.25, 0.3) is 0 Å². The van der Waals surface area contributed by atoms with E-state index in [2.05, 4.69) is 34.5 Å². The number of carbonyl (C=O) groups excluding carboxylic acids is 2. The van der Waals surface area contributed by atoms with E-state index in [9.17, 15) is 9.59 Å². The van der Waals surface area contributed by atoms with Crippen molar-refractivity contribution in [3.05, 3.63) is 95.1 Å². The molecular formula is C24H22N2O3. The van der Waals surface area contributed by atoms with Crippen molar-refractivity contribution >= 4 is 23.3 Å². The van der Waals surface area contributed by atoms with E-state index in [0.717, 1.165) is 25.1 Å². The summed E-state index contributed by atoms with van der Waals surface area (Å²) in [6, 6.07) is 22.8. The van der Waals surface area contributed by atoms with Crippen LogP contribution in [0.1, 0.15) is 31.8 Å². The number of carbonyl (C=O) groups is 2. The fraction of sp³-hybridized carbons (Fsp3) is 0.167. The third-order valence-corrected chi connectivity index (χ3v) is 5.15. The van der Waals surface area contributed by atoms with Crippen LogP contribution in [0.2, 0.25) is 0 Å². The van der Waals surface area contributed by atoms with Crippen molar-refractivity contribution in [1.29, 1.82) is 0 Å². The van der Waals surface area contributed by atoms with Gasteiger partial charge >= 0.3 is 5.97 Å². The Morgan fingerprint density at radius 2 is 1.69 bits per heavy atom. The van der Waals surface area contributed by atoms with E-state index in [1.165, 1.54) is 18.4 Å². The molecular weight excluding hydrogens is 364 g/mol. The Bertz CT molecular complexity index is 1040. The lowest BCUT2D eigenvalue weighted by Gasteiger charge is -2.19. The zero-order valence-corrected chi connectivity index (χ0v) is 16.2. The molecule has 0 atom stereocenters. The molecule has 0 saturated heterocycles. The Balaban J connectivity index is 1.45. The highest BCUT2D eigenvalue weighted by atomic mass is 16.5. The number of hydrogen-bond donors (Lipinski definition) is 1. The van der Waals surface area contributed by atoms with E-state index in [-0.39, 0.29) is 5.91 Å². The van der Waals surface area contributed by atoms with Gasteiger partial charge in [-0.3, -0.25) is 4.79 Å². The molecule has 4 rings (SSSR count). The van der Waals surface area contributed by atoms with Gasteiger partial charge in [-0.25, -0.2) is 4.79 Å². The molecule has 0 aromatic heterocycles. The second kappa shape index (κ2) is 8.19. The molecule has 5 nitrogen and oxygen atoms in total. The second-order valence-electron chi connectivity index (χ2n) is 6.99. The quantitative estimate of drug-likeness (QED) is 0.665. The van der Waals surface area contributed by atoms with Crippen LogP contribution in [-0.4, -0.2) is 25.5 Å². The van der Waals surface area contributed by atoms with E-state index >= 15 is 0 Å². The standard InChI is InChI=1S/C24H22N2O3/c1-29-24(28)20-7-3-4-8-21(20)25-23(27)19-12-10-17(11-13-19)16-26-15-14-18-6-2-5-9-22(18)26/h2-13H,14-16H2,1H3,(H,25,27). The van der Waals surface area contributed by atoms with Gasteiger partial charge < -0.3 is 15.0 Å². The van der Waals surface area contributed by atoms with Crippen LogP contribution in [0.15, 0.2) is 72.8 Å². The van der Waals surface area contributed by atoms with E-state index in [4.69, 9.17) is 4.74 Å². The Morgan fingerprint density at radius 1 is 0.966 bits per heavy atom. The van der Waals surface area contributed by atoms with Crippen molar-refractivity contribution < 1.29 is 14.3 Å². The van der Waals surface area contributed by atoms with E-state index in [1.54, 1.807) is 24.3 Å². The van der Waals surface area contributed by atoms with Crippen LogP contribution >= 0.6 is 0 Å². The molecule has 0 saturated carbocycles. The van der Waals surface area contributed by atoms with Crippen LogP contribution in [0.4, 0.5) is 11.4 Å². The largest absolute Gasteiger partial charge is 0.465 e.